The molecule has 68 valence electrons. The molecule has 1 N–H and O–H groups in total. The molecule has 0 aromatic heterocycles. The summed E-state index contributed by atoms with van der Waals surface area (Å²) in [4.78, 5) is 9.14. The summed E-state index contributed by atoms with van der Waals surface area (Å²) < 4.78 is 32.7. The minimum atomic E-state index is -4.69. The Morgan fingerprint density at radius 3 is 1.36 bits per heavy atom. The third-order valence-electron chi connectivity index (χ3n) is 0.789. The van der Waals surface area contributed by atoms with Gasteiger partial charge in [0.05, 0.1) is 28.1 Å². The van der Waals surface area contributed by atoms with Crippen LogP contribution in [-0.4, -0.2) is 17.9 Å². The van der Waals surface area contributed by atoms with Crippen molar-refractivity contribution < 1.29 is 38.7 Å². The Kier molecular flexibility index (Phi) is 5.69. The quantitative estimate of drug-likeness (QED) is 0.397. The zero-order valence-electron chi connectivity index (χ0n) is 5.69. The topological polar surface area (TPSA) is 108 Å². The molecular formula is C4H9ClO6. The van der Waals surface area contributed by atoms with Crippen LogP contribution < -0.4 is 14.0 Å². The smallest absolute Gasteiger partial charge is 0.0823 e. The van der Waals surface area contributed by atoms with Gasteiger partial charge in [0.25, 0.3) is 0 Å². The highest BCUT2D eigenvalue weighted by Crippen LogP contribution is 1.97. The van der Waals surface area contributed by atoms with Crippen LogP contribution in [0.5, 0.6) is 0 Å². The third kappa shape index (κ3) is 17.8. The fourth-order valence-corrected chi connectivity index (χ4v) is 0.440. The Hall–Kier alpha value is 0.0500. The van der Waals surface area contributed by atoms with Crippen LogP contribution in [0.15, 0.2) is 0 Å². The van der Waals surface area contributed by atoms with Crippen LogP contribution >= 0.6 is 0 Å². The van der Waals surface area contributed by atoms with Crippen molar-refractivity contribution in [3.8, 4) is 0 Å². The first kappa shape index (κ1) is 11.1. The molecule has 0 saturated carbocycles. The minimum Gasteiger partial charge on any atom is -0.237 e. The standard InChI is InChI=1S/C4H8O2.ClHO4/c1-2-4-6-5-3-1;2-1(3,4)5/h1-4H2;(H,2,3,4,5). The van der Waals surface area contributed by atoms with Gasteiger partial charge < -0.3 is 0 Å². The molecule has 1 fully saturated rings. The second-order valence-corrected chi connectivity index (χ2v) is 2.54. The lowest BCUT2D eigenvalue weighted by atomic mass is 10.3. The fourth-order valence-electron chi connectivity index (χ4n) is 0.440. The molecule has 0 aromatic rings. The van der Waals surface area contributed by atoms with E-state index in [2.05, 4.69) is 9.78 Å². The van der Waals surface area contributed by atoms with Gasteiger partial charge in [-0.25, -0.2) is 9.78 Å². The summed E-state index contributed by atoms with van der Waals surface area (Å²) in [5, 5.41) is 0. The molecule has 0 aliphatic carbocycles. The predicted octanol–water partition coefficient (Wildman–Crippen LogP) is -3.40. The van der Waals surface area contributed by atoms with E-state index in [-0.39, 0.29) is 0 Å². The van der Waals surface area contributed by atoms with Crippen molar-refractivity contribution >= 4 is 0 Å². The zero-order valence-corrected chi connectivity index (χ0v) is 6.45. The molecule has 1 saturated heterocycles. The van der Waals surface area contributed by atoms with Crippen molar-refractivity contribution in [2.75, 3.05) is 13.2 Å². The molecule has 0 atom stereocenters. The number of hydrogen-bond donors (Lipinski definition) is 1. The van der Waals surface area contributed by atoms with Crippen molar-refractivity contribution in [1.82, 2.24) is 0 Å². The lowest BCUT2D eigenvalue weighted by Gasteiger charge is -2.07. The minimum absolute atomic E-state index is 0.778. The molecular weight excluding hydrogens is 179 g/mol. The molecule has 0 unspecified atom stereocenters. The Labute approximate surface area is 65.6 Å². The maximum Gasteiger partial charge on any atom is 0.0823 e. The lowest BCUT2D eigenvalue weighted by Crippen LogP contribution is -2.58. The molecule has 1 aliphatic heterocycles. The van der Waals surface area contributed by atoms with Crippen molar-refractivity contribution in [2.45, 2.75) is 12.8 Å². The van der Waals surface area contributed by atoms with Crippen LogP contribution in [0.3, 0.4) is 0 Å². The molecule has 0 bridgehead atoms. The lowest BCUT2D eigenvalue weighted by molar-refractivity contribution is -1.92. The maximum absolute atomic E-state index is 8.60. The first-order chi connectivity index (χ1) is 5.00. The third-order valence-corrected chi connectivity index (χ3v) is 0.789. The summed E-state index contributed by atoms with van der Waals surface area (Å²) in [6.45, 7) is 1.56. The van der Waals surface area contributed by atoms with Gasteiger partial charge in [-0.05, 0) is 12.8 Å². The molecule has 1 heterocycles. The molecule has 0 spiro atoms. The van der Waals surface area contributed by atoms with E-state index in [0.29, 0.717) is 0 Å². The summed E-state index contributed by atoms with van der Waals surface area (Å²) >= 11 is 0. The van der Waals surface area contributed by atoms with E-state index in [1.165, 1.54) is 0 Å². The zero-order chi connectivity index (χ0) is 8.74. The van der Waals surface area contributed by atoms with Gasteiger partial charge in [-0.15, -0.1) is 0 Å². The van der Waals surface area contributed by atoms with Crippen LogP contribution in [0.1, 0.15) is 12.8 Å². The highest BCUT2D eigenvalue weighted by molar-refractivity contribution is 4.36. The van der Waals surface area contributed by atoms with E-state index in [1.54, 1.807) is 0 Å². The van der Waals surface area contributed by atoms with Crippen molar-refractivity contribution in [3.05, 3.63) is 0 Å². The molecule has 1 aliphatic rings. The summed E-state index contributed by atoms with van der Waals surface area (Å²) in [6, 6.07) is 0. The predicted molar refractivity (Wildman–Crippen MR) is 23.4 cm³/mol. The summed E-state index contributed by atoms with van der Waals surface area (Å²) in [5.74, 6) is 0. The van der Waals surface area contributed by atoms with Crippen LogP contribution in [0.2, 0.25) is 0 Å². The van der Waals surface area contributed by atoms with Crippen LogP contribution in [0, 0.1) is 10.2 Å². The average Bonchev–Trinajstić information content (AvgIpc) is 1.88. The Bertz CT molecular complexity index is 69.6. The van der Waals surface area contributed by atoms with Gasteiger partial charge in [0.2, 0.25) is 0 Å². The van der Waals surface area contributed by atoms with Gasteiger partial charge in [0.1, 0.15) is 0 Å². The summed E-state index contributed by atoms with van der Waals surface area (Å²) in [7, 11) is -4.69. The second-order valence-electron chi connectivity index (χ2n) is 1.75. The first-order valence-electron chi connectivity index (χ1n) is 2.88. The number of hydrogen-bond acceptors (Lipinski definition) is 6. The van der Waals surface area contributed by atoms with Crippen molar-refractivity contribution in [2.24, 2.45) is 0 Å². The normalized spacial score (nSPS) is 18.5. The SMILES string of the molecule is C1CCOOC1.[O-][Cl+3]([O-])([O-])O. The highest BCUT2D eigenvalue weighted by atomic mass is 35.7. The molecule has 1 rings (SSSR count). The second kappa shape index (κ2) is 5.67. The Morgan fingerprint density at radius 1 is 1.00 bits per heavy atom. The van der Waals surface area contributed by atoms with Crippen LogP contribution in [0.4, 0.5) is 0 Å². The van der Waals surface area contributed by atoms with E-state index in [9.17, 15) is 0 Å². The van der Waals surface area contributed by atoms with Gasteiger partial charge in [0, 0.05) is 0 Å². The summed E-state index contributed by atoms with van der Waals surface area (Å²) in [6.07, 6.45) is 2.31. The average molecular weight is 189 g/mol. The first-order valence-corrected chi connectivity index (χ1v) is 4.14. The van der Waals surface area contributed by atoms with Crippen LogP contribution in [0.25, 0.3) is 0 Å². The molecule has 11 heavy (non-hydrogen) atoms. The van der Waals surface area contributed by atoms with Crippen molar-refractivity contribution in [3.63, 3.8) is 0 Å². The largest absolute Gasteiger partial charge is 0.237 e. The van der Waals surface area contributed by atoms with Gasteiger partial charge in [-0.3, -0.25) is 0 Å². The molecule has 0 amide bonds. The highest BCUT2D eigenvalue weighted by Gasteiger charge is 1.98. The Morgan fingerprint density at radius 2 is 1.27 bits per heavy atom. The van der Waals surface area contributed by atoms with Gasteiger partial charge in [-0.1, -0.05) is 0 Å². The van der Waals surface area contributed by atoms with Gasteiger partial charge >= 0.3 is 0 Å². The summed E-state index contributed by atoms with van der Waals surface area (Å²) in [5.41, 5.74) is 0. The molecule has 0 radical (unpaired) electrons. The van der Waals surface area contributed by atoms with E-state index in [4.69, 9.17) is 18.6 Å². The molecule has 7 heteroatoms. The van der Waals surface area contributed by atoms with E-state index in [1.807, 2.05) is 0 Å². The molecule has 0 aromatic carbocycles. The van der Waals surface area contributed by atoms with Crippen molar-refractivity contribution in [1.29, 1.82) is 0 Å². The van der Waals surface area contributed by atoms with E-state index in [0.717, 1.165) is 26.1 Å². The number of halogens is 1. The maximum atomic E-state index is 8.60. The van der Waals surface area contributed by atoms with E-state index < -0.39 is 10.2 Å². The van der Waals surface area contributed by atoms with Gasteiger partial charge in [-0.2, -0.15) is 14.0 Å². The van der Waals surface area contributed by atoms with E-state index >= 15 is 0 Å². The monoisotopic (exact) mass is 188 g/mol. The van der Waals surface area contributed by atoms with Gasteiger partial charge in [0.15, 0.2) is 0 Å². The number of rotatable bonds is 0. The Balaban J connectivity index is 0.000000187. The molecule has 6 nitrogen and oxygen atoms in total. The van der Waals surface area contributed by atoms with Crippen LogP contribution in [-0.2, 0) is 9.78 Å². The fraction of sp³-hybridized carbons (Fsp3) is 1.00.